The summed E-state index contributed by atoms with van der Waals surface area (Å²) in [5.41, 5.74) is 3.41. The summed E-state index contributed by atoms with van der Waals surface area (Å²) in [5.74, 6) is -0.114. The van der Waals surface area contributed by atoms with Crippen LogP contribution in [0.2, 0.25) is 0 Å². The summed E-state index contributed by atoms with van der Waals surface area (Å²) in [6, 6.07) is 17.2. The molecule has 0 unspecified atom stereocenters. The van der Waals surface area contributed by atoms with E-state index in [9.17, 15) is 14.7 Å². The first-order chi connectivity index (χ1) is 16.5. The number of carbonyl (C=O) groups is 1. The number of aromatic nitrogens is 3. The molecule has 2 aromatic heterocycles. The number of nitrogens with zero attached hydrogens (tertiary/aromatic N) is 3. The lowest BCUT2D eigenvalue weighted by Gasteiger charge is -2.26. The maximum absolute atomic E-state index is 13.2. The van der Waals surface area contributed by atoms with Crippen LogP contribution in [0.1, 0.15) is 41.6 Å². The van der Waals surface area contributed by atoms with E-state index < -0.39 is 0 Å². The Morgan fingerprint density at radius 2 is 1.91 bits per heavy atom. The molecule has 1 aliphatic rings. The minimum atomic E-state index is -0.251. The Bertz CT molecular complexity index is 1400. The number of benzene rings is 2. The van der Waals surface area contributed by atoms with Gasteiger partial charge in [-0.15, -0.1) is 0 Å². The van der Waals surface area contributed by atoms with Gasteiger partial charge in [0.2, 0.25) is 0 Å². The molecule has 0 atom stereocenters. The molecule has 0 radical (unpaired) electrons. The number of hydrogen-bond donors (Lipinski definition) is 2. The van der Waals surface area contributed by atoms with Gasteiger partial charge in [0.25, 0.3) is 11.5 Å². The molecule has 2 heterocycles. The summed E-state index contributed by atoms with van der Waals surface area (Å²) in [7, 11) is 1.89. The highest BCUT2D eigenvalue weighted by Gasteiger charge is 2.21. The summed E-state index contributed by atoms with van der Waals surface area (Å²) >= 11 is 0. The molecule has 1 fully saturated rings. The van der Waals surface area contributed by atoms with Crippen molar-refractivity contribution in [3.05, 3.63) is 88.5 Å². The van der Waals surface area contributed by atoms with E-state index in [1.165, 1.54) is 0 Å². The predicted molar refractivity (Wildman–Crippen MR) is 132 cm³/mol. The van der Waals surface area contributed by atoms with Gasteiger partial charge in [-0.2, -0.15) is 5.10 Å². The molecule has 7 nitrogen and oxygen atoms in total. The molecule has 0 spiro atoms. The first-order valence-corrected chi connectivity index (χ1v) is 11.7. The number of carbonyl (C=O) groups excluding carboxylic acids is 1. The Morgan fingerprint density at radius 3 is 2.68 bits per heavy atom. The molecule has 0 saturated heterocycles. The zero-order valence-corrected chi connectivity index (χ0v) is 19.1. The number of aliphatic hydroxyl groups is 1. The van der Waals surface area contributed by atoms with Gasteiger partial charge >= 0.3 is 0 Å². The number of aryl methyl sites for hydroxylation is 1. The molecule has 2 aromatic carbocycles. The molecule has 1 saturated carbocycles. The van der Waals surface area contributed by atoms with E-state index in [2.05, 4.69) is 10.4 Å². The quantitative estimate of drug-likeness (QED) is 0.481. The number of pyridine rings is 1. The summed E-state index contributed by atoms with van der Waals surface area (Å²) < 4.78 is 3.48. The van der Waals surface area contributed by atoms with Gasteiger partial charge in [-0.1, -0.05) is 18.2 Å². The number of fused-ring (bicyclic) bond motifs is 1. The molecule has 0 bridgehead atoms. The Kier molecular flexibility index (Phi) is 6.02. The highest BCUT2D eigenvalue weighted by Crippen LogP contribution is 2.23. The van der Waals surface area contributed by atoms with Crippen LogP contribution in [0.5, 0.6) is 0 Å². The standard InChI is InChI=1S/C27H28N4O3/c1-30-25(11-13-28-30)20-5-10-24-19(16-20)12-14-31(27(24)34)17-18-3-2-4-21(15-18)26(33)29-22-6-8-23(32)9-7-22/h2-5,10-16,22-23,32H,6-9,17H2,1H3,(H,29,33)/t22-,23+. The monoisotopic (exact) mass is 456 g/mol. The molecule has 174 valence electrons. The van der Waals surface area contributed by atoms with E-state index in [0.29, 0.717) is 17.5 Å². The first kappa shape index (κ1) is 22.1. The fourth-order valence-corrected chi connectivity index (χ4v) is 4.73. The lowest BCUT2D eigenvalue weighted by molar-refractivity contribution is 0.0867. The van der Waals surface area contributed by atoms with Crippen molar-refractivity contribution in [2.24, 2.45) is 7.05 Å². The highest BCUT2D eigenvalue weighted by molar-refractivity contribution is 5.94. The molecular weight excluding hydrogens is 428 g/mol. The van der Waals surface area contributed by atoms with Crippen LogP contribution < -0.4 is 10.9 Å². The number of hydrogen-bond acceptors (Lipinski definition) is 4. The van der Waals surface area contributed by atoms with E-state index in [4.69, 9.17) is 0 Å². The minimum Gasteiger partial charge on any atom is -0.393 e. The fourth-order valence-electron chi connectivity index (χ4n) is 4.73. The van der Waals surface area contributed by atoms with Crippen molar-refractivity contribution in [3.8, 4) is 11.3 Å². The predicted octanol–water partition coefficient (Wildman–Crippen LogP) is 3.48. The Hall–Kier alpha value is -3.71. The SMILES string of the molecule is Cn1nccc1-c1ccc2c(=O)n(Cc3cccc(C(=O)N[C@H]4CC[C@@H](O)CC4)c3)ccc2c1. The summed E-state index contributed by atoms with van der Waals surface area (Å²) in [6.07, 6.45) is 6.34. The maximum atomic E-state index is 13.2. The summed E-state index contributed by atoms with van der Waals surface area (Å²) in [4.78, 5) is 25.9. The van der Waals surface area contributed by atoms with Crippen molar-refractivity contribution in [1.29, 1.82) is 0 Å². The highest BCUT2D eigenvalue weighted by atomic mass is 16.3. The molecule has 5 rings (SSSR count). The van der Waals surface area contributed by atoms with Crippen LogP contribution in [0.25, 0.3) is 22.0 Å². The molecule has 1 aliphatic carbocycles. The van der Waals surface area contributed by atoms with Crippen LogP contribution in [0.4, 0.5) is 0 Å². The number of aliphatic hydroxyl groups excluding tert-OH is 1. The largest absolute Gasteiger partial charge is 0.393 e. The van der Waals surface area contributed by atoms with Gasteiger partial charge < -0.3 is 15.0 Å². The topological polar surface area (TPSA) is 89.2 Å². The normalized spacial score (nSPS) is 18.2. The van der Waals surface area contributed by atoms with Crippen molar-refractivity contribution in [2.75, 3.05) is 0 Å². The van der Waals surface area contributed by atoms with Gasteiger partial charge in [0.15, 0.2) is 0 Å². The first-order valence-electron chi connectivity index (χ1n) is 11.7. The third-order valence-electron chi connectivity index (χ3n) is 6.67. The van der Waals surface area contributed by atoms with E-state index in [-0.39, 0.29) is 23.6 Å². The molecule has 0 aliphatic heterocycles. The number of rotatable bonds is 5. The van der Waals surface area contributed by atoms with Crippen LogP contribution in [-0.4, -0.2) is 37.5 Å². The molecule has 4 aromatic rings. The van der Waals surface area contributed by atoms with Crippen LogP contribution in [0, 0.1) is 0 Å². The summed E-state index contributed by atoms with van der Waals surface area (Å²) in [5, 5.41) is 18.5. The van der Waals surface area contributed by atoms with Crippen LogP contribution in [0.3, 0.4) is 0 Å². The maximum Gasteiger partial charge on any atom is 0.258 e. The molecule has 1 amide bonds. The van der Waals surface area contributed by atoms with Crippen molar-refractivity contribution in [2.45, 2.75) is 44.4 Å². The third-order valence-corrected chi connectivity index (χ3v) is 6.67. The molecule has 2 N–H and O–H groups in total. The third kappa shape index (κ3) is 4.52. The average Bonchev–Trinajstić information content (AvgIpc) is 3.28. The smallest absolute Gasteiger partial charge is 0.258 e. The summed E-state index contributed by atoms with van der Waals surface area (Å²) in [6.45, 7) is 0.384. The lowest BCUT2D eigenvalue weighted by atomic mass is 9.93. The van der Waals surface area contributed by atoms with Gasteiger partial charge in [0, 0.05) is 42.0 Å². The average molecular weight is 457 g/mol. The van der Waals surface area contributed by atoms with Crippen LogP contribution in [-0.2, 0) is 13.6 Å². The van der Waals surface area contributed by atoms with Crippen molar-refractivity contribution in [3.63, 3.8) is 0 Å². The Balaban J connectivity index is 1.35. The van der Waals surface area contributed by atoms with E-state index in [0.717, 1.165) is 47.9 Å². The lowest BCUT2D eigenvalue weighted by Crippen LogP contribution is -2.38. The van der Waals surface area contributed by atoms with E-state index >= 15 is 0 Å². The number of nitrogens with one attached hydrogen (secondary N) is 1. The Labute approximate surface area is 197 Å². The van der Waals surface area contributed by atoms with Crippen LogP contribution >= 0.6 is 0 Å². The minimum absolute atomic E-state index is 0.0651. The van der Waals surface area contributed by atoms with Gasteiger partial charge in [-0.25, -0.2) is 0 Å². The molecule has 7 heteroatoms. The van der Waals surface area contributed by atoms with Gasteiger partial charge in [0.1, 0.15) is 0 Å². The van der Waals surface area contributed by atoms with Gasteiger partial charge in [-0.05, 0) is 73.0 Å². The number of amides is 1. The van der Waals surface area contributed by atoms with Crippen molar-refractivity contribution >= 4 is 16.7 Å². The van der Waals surface area contributed by atoms with Crippen LogP contribution in [0.15, 0.2) is 71.8 Å². The van der Waals surface area contributed by atoms with E-state index in [1.807, 2.05) is 60.3 Å². The van der Waals surface area contributed by atoms with Crippen molar-refractivity contribution < 1.29 is 9.90 Å². The fraction of sp³-hybridized carbons (Fsp3) is 0.296. The van der Waals surface area contributed by atoms with Crippen molar-refractivity contribution in [1.82, 2.24) is 19.7 Å². The van der Waals surface area contributed by atoms with Gasteiger partial charge in [0.05, 0.1) is 18.3 Å². The second-order valence-corrected chi connectivity index (χ2v) is 9.07. The zero-order valence-electron chi connectivity index (χ0n) is 19.1. The second-order valence-electron chi connectivity index (χ2n) is 9.07. The Morgan fingerprint density at radius 1 is 1.09 bits per heavy atom. The second kappa shape index (κ2) is 9.27. The zero-order chi connectivity index (χ0) is 23.7. The van der Waals surface area contributed by atoms with E-state index in [1.54, 1.807) is 23.0 Å². The van der Waals surface area contributed by atoms with Gasteiger partial charge in [-0.3, -0.25) is 14.3 Å². The molecular formula is C27H28N4O3. The molecule has 34 heavy (non-hydrogen) atoms.